The number of benzene rings is 3. The van der Waals surface area contributed by atoms with Gasteiger partial charge in [0.1, 0.15) is 0 Å². The van der Waals surface area contributed by atoms with Crippen LogP contribution < -0.4 is 15.4 Å². The van der Waals surface area contributed by atoms with Crippen LogP contribution in [0.25, 0.3) is 0 Å². The van der Waals surface area contributed by atoms with Gasteiger partial charge >= 0.3 is 0 Å². The minimum atomic E-state index is -3.77. The van der Waals surface area contributed by atoms with E-state index in [0.29, 0.717) is 22.0 Å². The molecule has 0 fully saturated rings. The molecule has 2 amide bonds. The molecule has 0 aromatic heterocycles. The first kappa shape index (κ1) is 24.3. The third-order valence-corrected chi connectivity index (χ3v) is 6.49. The Kier molecular flexibility index (Phi) is 7.73. The quantitative estimate of drug-likeness (QED) is 0.431. The van der Waals surface area contributed by atoms with E-state index in [1.54, 1.807) is 67.6 Å². The van der Waals surface area contributed by atoms with Crippen LogP contribution in [0.4, 0.5) is 11.4 Å². The molecule has 0 bridgehead atoms. The van der Waals surface area contributed by atoms with E-state index in [1.807, 2.05) is 0 Å². The topological polar surface area (TPSA) is 104 Å². The summed E-state index contributed by atoms with van der Waals surface area (Å²) in [6, 6.07) is 19.3. The Balaban J connectivity index is 1.75. The number of amides is 2. The molecular weight excluding hydrogens is 462 g/mol. The molecule has 0 aliphatic carbocycles. The smallest absolute Gasteiger partial charge is 0.261 e. The van der Waals surface area contributed by atoms with Gasteiger partial charge in [0.15, 0.2) is 0 Å². The number of carbonyl (C=O) groups excluding carboxylic acids is 2. The maximum atomic E-state index is 12.7. The zero-order chi connectivity index (χ0) is 24.0. The fourth-order valence-corrected chi connectivity index (χ4v) is 4.47. The summed E-state index contributed by atoms with van der Waals surface area (Å²) in [6.45, 7) is 3.15. The van der Waals surface area contributed by atoms with E-state index in [1.165, 1.54) is 19.1 Å². The summed E-state index contributed by atoms with van der Waals surface area (Å²) in [7, 11) is -3.77. The normalized spacial score (nSPS) is 12.0. The average Bonchev–Trinajstić information content (AvgIpc) is 2.76. The number of hydrogen-bond acceptors (Lipinski definition) is 4. The molecule has 172 valence electrons. The second kappa shape index (κ2) is 10.5. The lowest BCUT2D eigenvalue weighted by molar-refractivity contribution is -0.120. The summed E-state index contributed by atoms with van der Waals surface area (Å²) < 4.78 is 27.9. The van der Waals surface area contributed by atoms with Gasteiger partial charge in [0, 0.05) is 17.6 Å². The summed E-state index contributed by atoms with van der Waals surface area (Å²) in [5.41, 5.74) is 2.22. The largest absolute Gasteiger partial charge is 0.349 e. The van der Waals surface area contributed by atoms with Crippen molar-refractivity contribution in [1.82, 2.24) is 5.32 Å². The Labute approximate surface area is 198 Å². The zero-order valence-corrected chi connectivity index (χ0v) is 19.7. The Morgan fingerprint density at radius 3 is 2.27 bits per heavy atom. The molecule has 33 heavy (non-hydrogen) atoms. The van der Waals surface area contributed by atoms with Crippen LogP contribution in [0.1, 0.15) is 30.5 Å². The first-order valence-corrected chi connectivity index (χ1v) is 12.0. The fraction of sp³-hybridized carbons (Fsp3) is 0.167. The lowest BCUT2D eigenvalue weighted by Gasteiger charge is -2.19. The van der Waals surface area contributed by atoms with Gasteiger partial charge in [0.2, 0.25) is 11.8 Å². The maximum absolute atomic E-state index is 12.7. The van der Waals surface area contributed by atoms with Crippen LogP contribution in [-0.4, -0.2) is 20.2 Å². The van der Waals surface area contributed by atoms with Crippen LogP contribution in [0.3, 0.4) is 0 Å². The molecule has 0 aliphatic rings. The van der Waals surface area contributed by atoms with Crippen molar-refractivity contribution in [2.75, 3.05) is 10.0 Å². The summed E-state index contributed by atoms with van der Waals surface area (Å²) in [5.74, 6) is -0.611. The number of carbonyl (C=O) groups is 2. The minimum Gasteiger partial charge on any atom is -0.349 e. The van der Waals surface area contributed by atoms with Gasteiger partial charge in [-0.15, -0.1) is 0 Å². The molecule has 0 saturated heterocycles. The van der Waals surface area contributed by atoms with E-state index in [2.05, 4.69) is 15.4 Å². The Hall–Kier alpha value is -3.36. The zero-order valence-electron chi connectivity index (χ0n) is 18.1. The van der Waals surface area contributed by atoms with Crippen molar-refractivity contribution in [2.24, 2.45) is 0 Å². The summed E-state index contributed by atoms with van der Waals surface area (Å²) in [6.07, 6.45) is -0.0137. The molecule has 0 aliphatic heterocycles. The van der Waals surface area contributed by atoms with Gasteiger partial charge in [0.25, 0.3) is 10.0 Å². The SMILES string of the molecule is CC(=O)NC(CC(=O)Nc1ccc(C)c(NS(=O)(=O)c2ccccc2)c1)c1ccc(Cl)cc1. The maximum Gasteiger partial charge on any atom is 0.261 e. The highest BCUT2D eigenvalue weighted by atomic mass is 35.5. The highest BCUT2D eigenvalue weighted by Gasteiger charge is 2.19. The third-order valence-electron chi connectivity index (χ3n) is 4.86. The average molecular weight is 486 g/mol. The molecule has 0 saturated carbocycles. The number of anilines is 2. The molecule has 0 spiro atoms. The van der Waals surface area contributed by atoms with Crippen LogP contribution >= 0.6 is 11.6 Å². The molecule has 0 heterocycles. The standard InChI is InChI=1S/C24H24ClN3O4S/c1-16-8-13-20(14-22(16)28-33(31,32)21-6-4-3-5-7-21)27-24(30)15-23(26-17(2)29)18-9-11-19(25)12-10-18/h3-14,23,28H,15H2,1-2H3,(H,26,29)(H,27,30). The molecule has 7 nitrogen and oxygen atoms in total. The molecule has 1 unspecified atom stereocenters. The molecular formula is C24H24ClN3O4S. The number of rotatable bonds is 8. The predicted molar refractivity (Wildman–Crippen MR) is 130 cm³/mol. The molecule has 9 heteroatoms. The predicted octanol–water partition coefficient (Wildman–Crippen LogP) is 4.66. The molecule has 3 aromatic rings. The van der Waals surface area contributed by atoms with Crippen molar-refractivity contribution < 1.29 is 18.0 Å². The lowest BCUT2D eigenvalue weighted by Crippen LogP contribution is -2.29. The van der Waals surface area contributed by atoms with Crippen molar-refractivity contribution in [3.8, 4) is 0 Å². The van der Waals surface area contributed by atoms with Crippen molar-refractivity contribution in [3.63, 3.8) is 0 Å². The number of aryl methyl sites for hydroxylation is 1. The van der Waals surface area contributed by atoms with Crippen molar-refractivity contribution in [3.05, 3.63) is 88.9 Å². The molecule has 0 radical (unpaired) electrons. The van der Waals surface area contributed by atoms with Crippen LogP contribution in [0.2, 0.25) is 5.02 Å². The van der Waals surface area contributed by atoms with Crippen LogP contribution in [0, 0.1) is 6.92 Å². The second-order valence-corrected chi connectivity index (χ2v) is 9.62. The first-order valence-electron chi connectivity index (χ1n) is 10.1. The molecule has 3 aromatic carbocycles. The monoisotopic (exact) mass is 485 g/mol. The van der Waals surface area contributed by atoms with E-state index in [-0.39, 0.29) is 23.1 Å². The lowest BCUT2D eigenvalue weighted by atomic mass is 10.0. The van der Waals surface area contributed by atoms with E-state index >= 15 is 0 Å². The number of halogens is 1. The Morgan fingerprint density at radius 2 is 1.64 bits per heavy atom. The molecule has 3 rings (SSSR count). The Bertz CT molecular complexity index is 1250. The number of nitrogens with one attached hydrogen (secondary N) is 3. The highest BCUT2D eigenvalue weighted by Crippen LogP contribution is 2.25. The van der Waals surface area contributed by atoms with Gasteiger partial charge in [-0.1, -0.05) is 48.0 Å². The molecule has 1 atom stereocenters. The van der Waals surface area contributed by atoms with Crippen molar-refractivity contribution in [2.45, 2.75) is 31.2 Å². The number of sulfonamides is 1. The van der Waals surface area contributed by atoms with Gasteiger partial charge in [-0.25, -0.2) is 8.42 Å². The van der Waals surface area contributed by atoms with Crippen LogP contribution in [-0.2, 0) is 19.6 Å². The van der Waals surface area contributed by atoms with E-state index in [4.69, 9.17) is 11.6 Å². The summed E-state index contributed by atoms with van der Waals surface area (Å²) >= 11 is 5.93. The van der Waals surface area contributed by atoms with Gasteiger partial charge < -0.3 is 10.6 Å². The van der Waals surface area contributed by atoms with Gasteiger partial charge in [-0.05, 0) is 54.4 Å². The van der Waals surface area contributed by atoms with E-state index in [9.17, 15) is 18.0 Å². The highest BCUT2D eigenvalue weighted by molar-refractivity contribution is 7.92. The molecule has 3 N–H and O–H groups in total. The Morgan fingerprint density at radius 1 is 0.970 bits per heavy atom. The van der Waals surface area contributed by atoms with Crippen LogP contribution in [0.15, 0.2) is 77.7 Å². The fourth-order valence-electron chi connectivity index (χ4n) is 3.20. The second-order valence-electron chi connectivity index (χ2n) is 7.51. The van der Waals surface area contributed by atoms with Gasteiger partial charge in [-0.3, -0.25) is 14.3 Å². The minimum absolute atomic E-state index is 0.0137. The number of hydrogen-bond donors (Lipinski definition) is 3. The first-order chi connectivity index (χ1) is 15.6. The van der Waals surface area contributed by atoms with Gasteiger partial charge in [0.05, 0.1) is 23.0 Å². The summed E-state index contributed by atoms with van der Waals surface area (Å²) in [4.78, 5) is 24.5. The van der Waals surface area contributed by atoms with Crippen molar-refractivity contribution >= 4 is 44.8 Å². The van der Waals surface area contributed by atoms with Crippen LogP contribution in [0.5, 0.6) is 0 Å². The third kappa shape index (κ3) is 6.81. The summed E-state index contributed by atoms with van der Waals surface area (Å²) in [5, 5.41) is 6.09. The van der Waals surface area contributed by atoms with Gasteiger partial charge in [-0.2, -0.15) is 0 Å². The van der Waals surface area contributed by atoms with Crippen molar-refractivity contribution in [1.29, 1.82) is 0 Å². The van der Waals surface area contributed by atoms with E-state index < -0.39 is 16.1 Å². The van der Waals surface area contributed by atoms with E-state index in [0.717, 1.165) is 5.56 Å².